The molecule has 28 heavy (non-hydrogen) atoms. The summed E-state index contributed by atoms with van der Waals surface area (Å²) in [5.41, 5.74) is 0. The van der Waals surface area contributed by atoms with Crippen LogP contribution in [0, 0.1) is 11.8 Å². The molecule has 2 fully saturated rings. The molecule has 0 spiro atoms. The first-order valence-corrected chi connectivity index (χ1v) is 11.8. The number of sulfonamides is 1. The topological polar surface area (TPSA) is 92.3 Å². The molecule has 1 heterocycles. The summed E-state index contributed by atoms with van der Waals surface area (Å²) >= 11 is 0. The molecule has 1 atom stereocenters. The van der Waals surface area contributed by atoms with Gasteiger partial charge in [-0.05, 0) is 32.1 Å². The molecule has 2 rings (SSSR count). The maximum atomic E-state index is 12.1. The van der Waals surface area contributed by atoms with Gasteiger partial charge in [0.05, 0.1) is 32.1 Å². The molecular weight excluding hydrogens is 495 g/mol. The highest BCUT2D eigenvalue weighted by Crippen LogP contribution is 2.25. The SMILES string of the molecule is CCNC(=NCCS(=O)(=O)NCC1CCC1)N1CCC(COCCOC)C1.I. The second-order valence-corrected chi connectivity index (χ2v) is 9.29. The number of nitrogens with one attached hydrogen (secondary N) is 2. The molecule has 0 aromatic carbocycles. The van der Waals surface area contributed by atoms with Crippen LogP contribution in [0.1, 0.15) is 32.6 Å². The Kier molecular flexibility index (Phi) is 12.9. The van der Waals surface area contributed by atoms with Crippen LogP contribution in [-0.2, 0) is 19.5 Å². The van der Waals surface area contributed by atoms with Crippen molar-refractivity contribution in [2.24, 2.45) is 16.8 Å². The summed E-state index contributed by atoms with van der Waals surface area (Å²) in [7, 11) is -1.58. The maximum absolute atomic E-state index is 12.1. The Labute approximate surface area is 187 Å². The molecule has 2 aliphatic rings. The molecule has 0 aromatic heterocycles. The molecule has 1 saturated heterocycles. The number of methoxy groups -OCH3 is 1. The minimum atomic E-state index is -3.25. The van der Waals surface area contributed by atoms with Gasteiger partial charge in [-0.15, -0.1) is 24.0 Å². The monoisotopic (exact) mass is 532 g/mol. The lowest BCUT2D eigenvalue weighted by Gasteiger charge is -2.25. The minimum Gasteiger partial charge on any atom is -0.382 e. The fourth-order valence-corrected chi connectivity index (χ4v) is 4.23. The summed E-state index contributed by atoms with van der Waals surface area (Å²) in [6.07, 6.45) is 4.54. The third kappa shape index (κ3) is 9.55. The van der Waals surface area contributed by atoms with Crippen LogP contribution in [0.3, 0.4) is 0 Å². The predicted molar refractivity (Wildman–Crippen MR) is 123 cm³/mol. The van der Waals surface area contributed by atoms with Gasteiger partial charge in [0.15, 0.2) is 5.96 Å². The number of ether oxygens (including phenoxy) is 2. The van der Waals surface area contributed by atoms with E-state index >= 15 is 0 Å². The van der Waals surface area contributed by atoms with Gasteiger partial charge in [-0.1, -0.05) is 6.42 Å². The lowest BCUT2D eigenvalue weighted by molar-refractivity contribution is 0.0536. The van der Waals surface area contributed by atoms with Gasteiger partial charge in [0.25, 0.3) is 0 Å². The molecule has 1 aliphatic carbocycles. The average molecular weight is 532 g/mol. The Morgan fingerprint density at radius 3 is 2.64 bits per heavy atom. The molecule has 1 saturated carbocycles. The number of guanidine groups is 1. The molecular formula is C18H37IN4O4S. The maximum Gasteiger partial charge on any atom is 0.213 e. The Morgan fingerprint density at radius 1 is 1.21 bits per heavy atom. The summed E-state index contributed by atoms with van der Waals surface area (Å²) in [4.78, 5) is 6.73. The molecule has 0 amide bonds. The van der Waals surface area contributed by atoms with Gasteiger partial charge < -0.3 is 19.7 Å². The standard InChI is InChI=1S/C18H36N4O4S.HI/c1-3-19-18(22-9-7-17(14-22)15-26-11-10-25-2)20-8-12-27(23,24)21-13-16-5-4-6-16;/h16-17,21H,3-15H2,1-2H3,(H,19,20);1H. The highest BCUT2D eigenvalue weighted by molar-refractivity contribution is 14.0. The van der Waals surface area contributed by atoms with E-state index < -0.39 is 10.0 Å². The van der Waals surface area contributed by atoms with Crippen molar-refractivity contribution in [3.8, 4) is 0 Å². The molecule has 10 heteroatoms. The number of rotatable bonds is 12. The number of nitrogens with zero attached hydrogens (tertiary/aromatic N) is 2. The fourth-order valence-electron chi connectivity index (χ4n) is 3.26. The molecule has 2 N–H and O–H groups in total. The van der Waals surface area contributed by atoms with Crippen molar-refractivity contribution in [3.05, 3.63) is 0 Å². The van der Waals surface area contributed by atoms with E-state index in [4.69, 9.17) is 9.47 Å². The zero-order valence-corrected chi connectivity index (χ0v) is 20.3. The largest absolute Gasteiger partial charge is 0.382 e. The predicted octanol–water partition coefficient (Wildman–Crippen LogP) is 1.27. The highest BCUT2D eigenvalue weighted by Gasteiger charge is 2.25. The van der Waals surface area contributed by atoms with Crippen molar-refractivity contribution in [2.45, 2.75) is 32.6 Å². The van der Waals surface area contributed by atoms with Crippen LogP contribution in [0.2, 0.25) is 0 Å². The van der Waals surface area contributed by atoms with Crippen LogP contribution in [-0.4, -0.2) is 84.7 Å². The smallest absolute Gasteiger partial charge is 0.213 e. The quantitative estimate of drug-likeness (QED) is 0.170. The van der Waals surface area contributed by atoms with Crippen molar-refractivity contribution >= 4 is 40.0 Å². The number of hydrogen-bond acceptors (Lipinski definition) is 5. The first-order valence-electron chi connectivity index (χ1n) is 10.1. The zero-order chi connectivity index (χ0) is 19.5. The first-order chi connectivity index (χ1) is 13.0. The van der Waals surface area contributed by atoms with E-state index in [1.54, 1.807) is 7.11 Å². The number of hydrogen-bond donors (Lipinski definition) is 2. The third-order valence-electron chi connectivity index (χ3n) is 5.14. The summed E-state index contributed by atoms with van der Waals surface area (Å²) in [6, 6.07) is 0. The second kappa shape index (κ2) is 13.9. The van der Waals surface area contributed by atoms with Crippen molar-refractivity contribution in [1.82, 2.24) is 14.9 Å². The molecule has 0 radical (unpaired) electrons. The van der Waals surface area contributed by atoms with Crippen LogP contribution in [0.5, 0.6) is 0 Å². The van der Waals surface area contributed by atoms with E-state index in [1.807, 2.05) is 6.92 Å². The Hall–Kier alpha value is -0.170. The second-order valence-electron chi connectivity index (χ2n) is 7.37. The summed E-state index contributed by atoms with van der Waals surface area (Å²) < 4.78 is 37.6. The van der Waals surface area contributed by atoms with Crippen molar-refractivity contribution in [2.75, 3.05) is 65.4 Å². The van der Waals surface area contributed by atoms with Crippen molar-refractivity contribution in [3.63, 3.8) is 0 Å². The third-order valence-corrected chi connectivity index (χ3v) is 6.47. The van der Waals surface area contributed by atoms with Gasteiger partial charge in [0.2, 0.25) is 10.0 Å². The number of halogens is 1. The summed E-state index contributed by atoms with van der Waals surface area (Å²) in [6.45, 7) is 7.37. The highest BCUT2D eigenvalue weighted by atomic mass is 127. The molecule has 1 aliphatic heterocycles. The van der Waals surface area contributed by atoms with E-state index in [9.17, 15) is 8.42 Å². The summed E-state index contributed by atoms with van der Waals surface area (Å²) in [5.74, 6) is 1.82. The van der Waals surface area contributed by atoms with Crippen LogP contribution in [0.4, 0.5) is 0 Å². The molecule has 166 valence electrons. The molecule has 0 aromatic rings. The fraction of sp³-hybridized carbons (Fsp3) is 0.944. The van der Waals surface area contributed by atoms with Gasteiger partial charge in [0, 0.05) is 39.2 Å². The van der Waals surface area contributed by atoms with Gasteiger partial charge in [-0.3, -0.25) is 4.99 Å². The minimum absolute atomic E-state index is 0. The normalized spacial score (nSPS) is 20.7. The Morgan fingerprint density at radius 2 is 2.00 bits per heavy atom. The van der Waals surface area contributed by atoms with Crippen molar-refractivity contribution < 1.29 is 17.9 Å². The van der Waals surface area contributed by atoms with Crippen molar-refractivity contribution in [1.29, 1.82) is 0 Å². The van der Waals surface area contributed by atoms with Crippen LogP contribution >= 0.6 is 24.0 Å². The van der Waals surface area contributed by atoms with Gasteiger partial charge >= 0.3 is 0 Å². The van der Waals surface area contributed by atoms with Crippen LogP contribution < -0.4 is 10.0 Å². The average Bonchev–Trinajstić information content (AvgIpc) is 3.05. The lowest BCUT2D eigenvalue weighted by Crippen LogP contribution is -2.41. The van der Waals surface area contributed by atoms with Crippen LogP contribution in [0.15, 0.2) is 4.99 Å². The van der Waals surface area contributed by atoms with Gasteiger partial charge in [-0.2, -0.15) is 0 Å². The van der Waals surface area contributed by atoms with E-state index in [1.165, 1.54) is 6.42 Å². The Balaban J connectivity index is 0.00000392. The van der Waals surface area contributed by atoms with E-state index in [-0.39, 0.29) is 36.3 Å². The number of likely N-dealkylation sites (tertiary alicyclic amines) is 1. The molecule has 0 bridgehead atoms. The number of aliphatic imine (C=N–C) groups is 1. The van der Waals surface area contributed by atoms with Crippen LogP contribution in [0.25, 0.3) is 0 Å². The lowest BCUT2D eigenvalue weighted by atomic mass is 9.86. The van der Waals surface area contributed by atoms with Gasteiger partial charge in [-0.25, -0.2) is 13.1 Å². The van der Waals surface area contributed by atoms with E-state index in [0.29, 0.717) is 31.6 Å². The zero-order valence-electron chi connectivity index (χ0n) is 17.2. The summed E-state index contributed by atoms with van der Waals surface area (Å²) in [5, 5.41) is 3.28. The van der Waals surface area contributed by atoms with E-state index in [2.05, 4.69) is 19.9 Å². The van der Waals surface area contributed by atoms with Gasteiger partial charge in [0.1, 0.15) is 0 Å². The molecule has 8 nitrogen and oxygen atoms in total. The Bertz CT molecular complexity index is 558. The van der Waals surface area contributed by atoms with E-state index in [0.717, 1.165) is 51.5 Å². The first kappa shape index (κ1) is 25.9. The molecule has 1 unspecified atom stereocenters.